The van der Waals surface area contributed by atoms with Crippen molar-refractivity contribution in [3.05, 3.63) is 101 Å². The Kier molecular flexibility index (Phi) is 7.60. The first kappa shape index (κ1) is 25.8. The molecule has 2 saturated heterocycles. The van der Waals surface area contributed by atoms with Gasteiger partial charge in [-0.25, -0.2) is 8.78 Å². The first-order valence-electron chi connectivity index (χ1n) is 12.8. The number of halogens is 2. The number of nitrogens with zero attached hydrogens (tertiary/aromatic N) is 3. The number of amides is 1. The van der Waals surface area contributed by atoms with Gasteiger partial charge in [-0.1, -0.05) is 30.3 Å². The molecule has 0 bridgehead atoms. The van der Waals surface area contributed by atoms with Crippen LogP contribution in [-0.2, 0) is 15.2 Å². The van der Waals surface area contributed by atoms with Gasteiger partial charge >= 0.3 is 0 Å². The van der Waals surface area contributed by atoms with Crippen molar-refractivity contribution in [1.82, 2.24) is 20.1 Å². The molecule has 5 nitrogen and oxygen atoms in total. The van der Waals surface area contributed by atoms with Crippen LogP contribution in [0.2, 0.25) is 0 Å². The molecule has 1 atom stereocenters. The number of hydrogen-bond donors (Lipinski definition) is 1. The predicted molar refractivity (Wildman–Crippen MR) is 143 cm³/mol. The zero-order chi connectivity index (χ0) is 25.9. The zero-order valence-electron chi connectivity index (χ0n) is 21.0. The van der Waals surface area contributed by atoms with Gasteiger partial charge in [-0.3, -0.25) is 19.6 Å². The average molecular weight is 523 g/mol. The minimum absolute atomic E-state index is 0.0447. The van der Waals surface area contributed by atoms with Gasteiger partial charge in [0.05, 0.1) is 5.54 Å². The number of likely N-dealkylation sites (tertiary alicyclic amines) is 1. The van der Waals surface area contributed by atoms with Crippen molar-refractivity contribution in [2.45, 2.75) is 29.7 Å². The molecule has 3 heterocycles. The van der Waals surface area contributed by atoms with Gasteiger partial charge in [-0.15, -0.1) is 11.8 Å². The number of nitrogens with one attached hydrogen (secondary N) is 1. The molecule has 3 aromatic rings. The molecule has 0 saturated carbocycles. The van der Waals surface area contributed by atoms with Crippen LogP contribution in [0.15, 0.2) is 73.1 Å². The maximum absolute atomic E-state index is 13.9. The van der Waals surface area contributed by atoms with Gasteiger partial charge in [-0.2, -0.15) is 0 Å². The number of hydrogen-bond acceptors (Lipinski definition) is 5. The van der Waals surface area contributed by atoms with Crippen LogP contribution >= 0.6 is 11.8 Å². The Morgan fingerprint density at radius 3 is 2.22 bits per heavy atom. The SMILES string of the molecule is CN1CCSC1(C(=O)NCCN1CCCCC1(c1ccc(F)cc1)c1ccc(F)cc1)c1cccnc1. The number of likely N-dealkylation sites (N-methyl/N-ethyl adjacent to an activating group) is 1. The molecule has 2 aliphatic rings. The van der Waals surface area contributed by atoms with Crippen LogP contribution in [0, 0.1) is 11.6 Å². The third-order valence-corrected chi connectivity index (χ3v) is 9.24. The van der Waals surface area contributed by atoms with Crippen LogP contribution in [0.1, 0.15) is 36.0 Å². The lowest BCUT2D eigenvalue weighted by atomic mass is 9.75. The van der Waals surface area contributed by atoms with E-state index in [1.165, 1.54) is 24.3 Å². The van der Waals surface area contributed by atoms with Crippen molar-refractivity contribution in [2.24, 2.45) is 0 Å². The van der Waals surface area contributed by atoms with Crippen molar-refractivity contribution in [3.8, 4) is 0 Å². The summed E-state index contributed by atoms with van der Waals surface area (Å²) in [5.74, 6) is 0.248. The minimum atomic E-state index is -0.804. The number of carbonyl (C=O) groups is 1. The van der Waals surface area contributed by atoms with E-state index in [0.29, 0.717) is 13.1 Å². The molecular formula is C29H32F2N4OS. The lowest BCUT2D eigenvalue weighted by Crippen LogP contribution is -2.54. The van der Waals surface area contributed by atoms with Crippen molar-refractivity contribution in [1.29, 1.82) is 0 Å². The van der Waals surface area contributed by atoms with E-state index < -0.39 is 10.4 Å². The molecule has 2 aromatic carbocycles. The molecule has 0 aliphatic carbocycles. The van der Waals surface area contributed by atoms with E-state index in [0.717, 1.165) is 54.8 Å². The van der Waals surface area contributed by atoms with Crippen LogP contribution < -0.4 is 5.32 Å². The Hall–Kier alpha value is -2.81. The molecular weight excluding hydrogens is 490 g/mol. The van der Waals surface area contributed by atoms with Gasteiger partial charge in [0.25, 0.3) is 5.91 Å². The van der Waals surface area contributed by atoms with Crippen LogP contribution in [-0.4, -0.2) is 59.7 Å². The van der Waals surface area contributed by atoms with E-state index >= 15 is 0 Å². The summed E-state index contributed by atoms with van der Waals surface area (Å²) in [5, 5.41) is 3.21. The van der Waals surface area contributed by atoms with E-state index in [9.17, 15) is 13.6 Å². The van der Waals surface area contributed by atoms with Gasteiger partial charge in [0.15, 0.2) is 4.87 Å². The van der Waals surface area contributed by atoms with E-state index in [4.69, 9.17) is 0 Å². The van der Waals surface area contributed by atoms with Gasteiger partial charge in [0.2, 0.25) is 0 Å². The largest absolute Gasteiger partial charge is 0.352 e. The predicted octanol–water partition coefficient (Wildman–Crippen LogP) is 4.74. The van der Waals surface area contributed by atoms with Crippen molar-refractivity contribution in [3.63, 3.8) is 0 Å². The maximum atomic E-state index is 13.9. The Bertz CT molecular complexity index is 1160. The fourth-order valence-corrected chi connectivity index (χ4v) is 7.33. The van der Waals surface area contributed by atoms with Crippen LogP contribution in [0.3, 0.4) is 0 Å². The van der Waals surface area contributed by atoms with E-state index in [1.807, 2.05) is 43.4 Å². The molecule has 8 heteroatoms. The molecule has 1 unspecified atom stereocenters. The smallest absolute Gasteiger partial charge is 0.255 e. The standard InChI is InChI=1S/C29H32F2N4OS/c1-34-19-20-37-29(34,24-5-4-15-32-21-24)27(36)33-16-18-35-17-3-2-14-28(35,22-6-10-25(30)11-7-22)23-8-12-26(31)13-9-23/h4-13,15,21H,2-3,14,16-20H2,1H3,(H,33,36). The number of benzene rings is 2. The number of carbonyl (C=O) groups excluding carboxylic acids is 1. The fourth-order valence-electron chi connectivity index (χ4n) is 5.87. The summed E-state index contributed by atoms with van der Waals surface area (Å²) in [6.45, 7) is 2.71. The first-order chi connectivity index (χ1) is 18.0. The lowest BCUT2D eigenvalue weighted by molar-refractivity contribution is -0.127. The van der Waals surface area contributed by atoms with Crippen molar-refractivity contribution in [2.75, 3.05) is 39.0 Å². The maximum Gasteiger partial charge on any atom is 0.255 e. The van der Waals surface area contributed by atoms with Crippen molar-refractivity contribution >= 4 is 17.7 Å². The summed E-state index contributed by atoms with van der Waals surface area (Å²) >= 11 is 1.63. The molecule has 37 heavy (non-hydrogen) atoms. The topological polar surface area (TPSA) is 48.5 Å². The Balaban J connectivity index is 1.41. The second-order valence-corrected chi connectivity index (χ2v) is 11.0. The fraction of sp³-hybridized carbons (Fsp3) is 0.379. The second-order valence-electron chi connectivity index (χ2n) is 9.73. The van der Waals surface area contributed by atoms with Crippen LogP contribution in [0.4, 0.5) is 8.78 Å². The molecule has 2 fully saturated rings. The van der Waals surface area contributed by atoms with E-state index in [-0.39, 0.29) is 17.5 Å². The van der Waals surface area contributed by atoms with E-state index in [2.05, 4.69) is 20.1 Å². The lowest BCUT2D eigenvalue weighted by Gasteiger charge is -2.48. The summed E-state index contributed by atoms with van der Waals surface area (Å²) in [4.78, 5) is 21.6. The monoisotopic (exact) mass is 522 g/mol. The highest BCUT2D eigenvalue weighted by Crippen LogP contribution is 2.45. The number of aromatic nitrogens is 1. The number of piperidine rings is 1. The summed E-state index contributed by atoms with van der Waals surface area (Å²) < 4.78 is 27.7. The highest BCUT2D eigenvalue weighted by atomic mass is 32.2. The molecule has 1 N–H and O–H groups in total. The highest BCUT2D eigenvalue weighted by Gasteiger charge is 2.48. The summed E-state index contributed by atoms with van der Waals surface area (Å²) in [6, 6.07) is 17.1. The number of pyridine rings is 1. The van der Waals surface area contributed by atoms with E-state index in [1.54, 1.807) is 24.2 Å². The zero-order valence-corrected chi connectivity index (χ0v) is 21.8. The average Bonchev–Trinajstić information content (AvgIpc) is 3.32. The third-order valence-electron chi connectivity index (χ3n) is 7.70. The molecule has 0 spiro atoms. The molecule has 1 aromatic heterocycles. The Labute approximate surface area is 221 Å². The molecule has 2 aliphatic heterocycles. The van der Waals surface area contributed by atoms with Crippen LogP contribution in [0.5, 0.6) is 0 Å². The van der Waals surface area contributed by atoms with Gasteiger partial charge in [-0.05, 0) is 74.3 Å². The number of rotatable bonds is 7. The van der Waals surface area contributed by atoms with Gasteiger partial charge in [0, 0.05) is 43.3 Å². The number of thioether (sulfide) groups is 1. The highest BCUT2D eigenvalue weighted by molar-refractivity contribution is 8.01. The Morgan fingerprint density at radius 1 is 0.973 bits per heavy atom. The summed E-state index contributed by atoms with van der Waals surface area (Å²) in [6.07, 6.45) is 6.35. The van der Waals surface area contributed by atoms with Gasteiger partial charge < -0.3 is 5.32 Å². The van der Waals surface area contributed by atoms with Crippen molar-refractivity contribution < 1.29 is 13.6 Å². The molecule has 0 radical (unpaired) electrons. The normalized spacial score (nSPS) is 22.1. The second kappa shape index (κ2) is 10.9. The minimum Gasteiger partial charge on any atom is -0.352 e. The first-order valence-corrected chi connectivity index (χ1v) is 13.8. The Morgan fingerprint density at radius 2 is 1.65 bits per heavy atom. The molecule has 1 amide bonds. The third kappa shape index (κ3) is 4.78. The van der Waals surface area contributed by atoms with Crippen LogP contribution in [0.25, 0.3) is 0 Å². The van der Waals surface area contributed by atoms with Gasteiger partial charge in [0.1, 0.15) is 11.6 Å². The molecule has 5 rings (SSSR count). The molecule has 194 valence electrons. The quantitative estimate of drug-likeness (QED) is 0.486. The summed E-state index contributed by atoms with van der Waals surface area (Å²) in [7, 11) is 1.98. The summed E-state index contributed by atoms with van der Waals surface area (Å²) in [5.41, 5.74) is 2.31.